The molecule has 0 bridgehead atoms. The van der Waals surface area contributed by atoms with Crippen molar-refractivity contribution in [1.29, 1.82) is 0 Å². The fraction of sp³-hybridized carbons (Fsp3) is 0.190. The van der Waals surface area contributed by atoms with Crippen molar-refractivity contribution in [2.24, 2.45) is 16.1 Å². The summed E-state index contributed by atoms with van der Waals surface area (Å²) in [5.41, 5.74) is 1.72. The standard InChI is InChI=1S/C21H20N4O8S2/c1-12-18(20(26)24(22-12)14-3-7-16(8-4-14)34(28,29)30)11-19-13(2)23-25(21(19)27)15-5-9-17(10-6-15)35(31,32)33/h3-11,18,20,26H,1-2H3,(H,28,29,30)(H,31,32,33)/b19-11-. The predicted molar refractivity (Wildman–Crippen MR) is 126 cm³/mol. The lowest BCUT2D eigenvalue weighted by Crippen LogP contribution is -2.32. The van der Waals surface area contributed by atoms with Gasteiger partial charge in [0.25, 0.3) is 26.1 Å². The Bertz CT molecular complexity index is 1500. The molecule has 0 saturated carbocycles. The molecular weight excluding hydrogens is 500 g/mol. The molecule has 14 heteroatoms. The number of rotatable bonds is 5. The molecule has 0 spiro atoms. The second kappa shape index (κ2) is 8.66. The van der Waals surface area contributed by atoms with Crippen LogP contribution in [-0.4, -0.2) is 54.6 Å². The molecule has 0 radical (unpaired) electrons. The van der Waals surface area contributed by atoms with Crippen LogP contribution >= 0.6 is 0 Å². The Morgan fingerprint density at radius 3 is 1.80 bits per heavy atom. The van der Waals surface area contributed by atoms with Crippen molar-refractivity contribution in [1.82, 2.24) is 0 Å². The Balaban J connectivity index is 1.57. The quantitative estimate of drug-likeness (QED) is 0.391. The average molecular weight is 521 g/mol. The third kappa shape index (κ3) is 4.74. The van der Waals surface area contributed by atoms with E-state index < -0.39 is 38.3 Å². The number of aliphatic hydroxyl groups excluding tert-OH is 1. The lowest BCUT2D eigenvalue weighted by atomic mass is 9.98. The average Bonchev–Trinajstić information content (AvgIpc) is 3.23. The monoisotopic (exact) mass is 520 g/mol. The Morgan fingerprint density at radius 2 is 1.31 bits per heavy atom. The number of anilines is 2. The molecule has 1 amide bonds. The van der Waals surface area contributed by atoms with Gasteiger partial charge in [-0.15, -0.1) is 0 Å². The Hall–Kier alpha value is -3.43. The summed E-state index contributed by atoms with van der Waals surface area (Å²) in [6.07, 6.45) is 0.326. The first kappa shape index (κ1) is 24.7. The van der Waals surface area contributed by atoms with Crippen LogP contribution in [-0.2, 0) is 25.0 Å². The van der Waals surface area contributed by atoms with Gasteiger partial charge in [-0.1, -0.05) is 6.08 Å². The first-order valence-electron chi connectivity index (χ1n) is 10.1. The zero-order chi connectivity index (χ0) is 25.7. The lowest BCUT2D eigenvalue weighted by Gasteiger charge is -2.22. The number of amides is 1. The van der Waals surface area contributed by atoms with Crippen LogP contribution in [0.25, 0.3) is 0 Å². The van der Waals surface area contributed by atoms with Crippen LogP contribution in [0, 0.1) is 5.92 Å². The summed E-state index contributed by atoms with van der Waals surface area (Å²) >= 11 is 0. The van der Waals surface area contributed by atoms with Crippen LogP contribution in [0.2, 0.25) is 0 Å². The van der Waals surface area contributed by atoms with Crippen LogP contribution < -0.4 is 10.0 Å². The van der Waals surface area contributed by atoms with Gasteiger partial charge >= 0.3 is 0 Å². The van der Waals surface area contributed by atoms with Crippen LogP contribution in [0.4, 0.5) is 11.4 Å². The molecule has 4 rings (SSSR count). The van der Waals surface area contributed by atoms with Gasteiger partial charge in [0.2, 0.25) is 0 Å². The second-order valence-electron chi connectivity index (χ2n) is 7.85. The van der Waals surface area contributed by atoms with Crippen molar-refractivity contribution < 1.29 is 35.8 Å². The minimum Gasteiger partial charge on any atom is -0.371 e. The molecule has 2 unspecified atom stereocenters. The van der Waals surface area contributed by atoms with Crippen molar-refractivity contribution in [3.8, 4) is 0 Å². The number of benzene rings is 2. The van der Waals surface area contributed by atoms with E-state index in [2.05, 4.69) is 10.2 Å². The zero-order valence-electron chi connectivity index (χ0n) is 18.3. The maximum absolute atomic E-state index is 13.0. The first-order valence-corrected chi connectivity index (χ1v) is 12.9. The molecule has 12 nitrogen and oxygen atoms in total. The molecule has 3 N–H and O–H groups in total. The summed E-state index contributed by atoms with van der Waals surface area (Å²) in [5.74, 6) is -1.19. The SMILES string of the molecule is CC1=NN(c2ccc(S(=O)(=O)O)cc2)C(=O)/C1=C\C1C(C)=NN(c2ccc(S(=O)(=O)O)cc2)C1O. The minimum atomic E-state index is -4.38. The highest BCUT2D eigenvalue weighted by Crippen LogP contribution is 2.31. The van der Waals surface area contributed by atoms with Crippen LogP contribution in [0.3, 0.4) is 0 Å². The third-order valence-electron chi connectivity index (χ3n) is 5.51. The van der Waals surface area contributed by atoms with Crippen LogP contribution in [0.1, 0.15) is 13.8 Å². The van der Waals surface area contributed by atoms with Gasteiger partial charge in [0.1, 0.15) is 0 Å². The van der Waals surface area contributed by atoms with E-state index in [-0.39, 0.29) is 21.1 Å². The lowest BCUT2D eigenvalue weighted by molar-refractivity contribution is -0.114. The van der Waals surface area contributed by atoms with Gasteiger partial charge in [-0.3, -0.25) is 13.9 Å². The minimum absolute atomic E-state index is 0.214. The summed E-state index contributed by atoms with van der Waals surface area (Å²) in [7, 11) is -8.75. The van der Waals surface area contributed by atoms with E-state index in [1.54, 1.807) is 13.8 Å². The fourth-order valence-electron chi connectivity index (χ4n) is 3.68. The number of hydrogen-bond donors (Lipinski definition) is 3. The topological polar surface area (TPSA) is 177 Å². The normalized spacial score (nSPS) is 22.1. The van der Waals surface area contributed by atoms with E-state index in [0.29, 0.717) is 17.1 Å². The largest absolute Gasteiger partial charge is 0.371 e. The van der Waals surface area contributed by atoms with E-state index in [9.17, 15) is 26.7 Å². The molecule has 0 saturated heterocycles. The zero-order valence-corrected chi connectivity index (χ0v) is 20.0. The first-order chi connectivity index (χ1) is 16.3. The number of hydrogen-bond acceptors (Lipinski definition) is 9. The molecule has 2 heterocycles. The van der Waals surface area contributed by atoms with Gasteiger partial charge < -0.3 is 5.11 Å². The van der Waals surface area contributed by atoms with Crippen molar-refractivity contribution >= 4 is 48.9 Å². The number of hydrazone groups is 2. The molecule has 2 atom stereocenters. The molecule has 0 fully saturated rings. The summed E-state index contributed by atoms with van der Waals surface area (Å²) in [6, 6.07) is 10.1. The van der Waals surface area contributed by atoms with Gasteiger partial charge in [-0.2, -0.15) is 32.0 Å². The van der Waals surface area contributed by atoms with E-state index in [1.807, 2.05) is 0 Å². The molecule has 0 aromatic heterocycles. The van der Waals surface area contributed by atoms with Crippen LogP contribution in [0.5, 0.6) is 0 Å². The van der Waals surface area contributed by atoms with Gasteiger partial charge in [0, 0.05) is 5.71 Å². The number of carbonyl (C=O) groups excluding carboxylic acids is 1. The molecule has 2 aromatic rings. The smallest absolute Gasteiger partial charge is 0.294 e. The van der Waals surface area contributed by atoms with E-state index >= 15 is 0 Å². The summed E-state index contributed by atoms with van der Waals surface area (Å²) in [6.45, 7) is 3.27. The molecule has 0 aliphatic carbocycles. The third-order valence-corrected chi connectivity index (χ3v) is 7.24. The van der Waals surface area contributed by atoms with E-state index in [4.69, 9.17) is 9.11 Å². The summed E-state index contributed by atoms with van der Waals surface area (Å²) in [5, 5.41) is 21.8. The highest BCUT2D eigenvalue weighted by Gasteiger charge is 2.37. The van der Waals surface area contributed by atoms with Gasteiger partial charge in [0.05, 0.1) is 38.4 Å². The Labute approximate surface area is 201 Å². The number of nitrogens with zero attached hydrogens (tertiary/aromatic N) is 4. The number of aliphatic hydroxyl groups is 1. The number of carbonyl (C=O) groups is 1. The molecule has 2 aromatic carbocycles. The highest BCUT2D eigenvalue weighted by atomic mass is 32.2. The van der Waals surface area contributed by atoms with E-state index in [1.165, 1.54) is 47.5 Å². The predicted octanol–water partition coefficient (Wildman–Crippen LogP) is 1.66. The molecule has 184 valence electrons. The Kier molecular flexibility index (Phi) is 6.11. The van der Waals surface area contributed by atoms with Gasteiger partial charge in [-0.05, 0) is 62.4 Å². The maximum atomic E-state index is 13.0. The Morgan fingerprint density at radius 1 is 0.829 bits per heavy atom. The van der Waals surface area contributed by atoms with E-state index in [0.717, 1.165) is 17.1 Å². The second-order valence-corrected chi connectivity index (χ2v) is 10.7. The van der Waals surface area contributed by atoms with Crippen molar-refractivity contribution in [2.45, 2.75) is 29.9 Å². The van der Waals surface area contributed by atoms with Gasteiger partial charge in [-0.25, -0.2) is 5.01 Å². The maximum Gasteiger partial charge on any atom is 0.294 e. The fourth-order valence-corrected chi connectivity index (χ4v) is 4.64. The highest BCUT2D eigenvalue weighted by molar-refractivity contribution is 7.86. The molecule has 35 heavy (non-hydrogen) atoms. The van der Waals surface area contributed by atoms with Crippen LogP contribution in [0.15, 0.2) is 80.2 Å². The molecule has 2 aliphatic rings. The van der Waals surface area contributed by atoms with Gasteiger partial charge in [0.15, 0.2) is 6.23 Å². The molecular formula is C21H20N4O8S2. The van der Waals surface area contributed by atoms with Crippen molar-refractivity contribution in [3.05, 3.63) is 60.2 Å². The molecule has 2 aliphatic heterocycles. The summed E-state index contributed by atoms with van der Waals surface area (Å²) < 4.78 is 63.2. The summed E-state index contributed by atoms with van der Waals surface area (Å²) in [4.78, 5) is 12.4. The van der Waals surface area contributed by atoms with Crippen molar-refractivity contribution in [2.75, 3.05) is 10.0 Å². The van der Waals surface area contributed by atoms with Crippen molar-refractivity contribution in [3.63, 3.8) is 0 Å².